The van der Waals surface area contributed by atoms with Crippen molar-refractivity contribution in [2.75, 3.05) is 11.9 Å². The van der Waals surface area contributed by atoms with Crippen LogP contribution in [0.5, 0.6) is 0 Å². The van der Waals surface area contributed by atoms with Crippen molar-refractivity contribution >= 4 is 17.6 Å². The number of aromatic nitrogens is 3. The molecule has 2 amide bonds. The number of nitrogens with zero attached hydrogens (tertiary/aromatic N) is 3. The topological polar surface area (TPSA) is 137 Å². The van der Waals surface area contributed by atoms with Crippen LogP contribution in [-0.4, -0.2) is 33.5 Å². The first-order valence-electron chi connectivity index (χ1n) is 9.82. The Morgan fingerprint density at radius 3 is 2.35 bits per heavy atom. The van der Waals surface area contributed by atoms with Gasteiger partial charge in [-0.2, -0.15) is 0 Å². The molecule has 0 bridgehead atoms. The second kappa shape index (κ2) is 8.10. The molecule has 1 aliphatic carbocycles. The van der Waals surface area contributed by atoms with Crippen molar-refractivity contribution in [1.29, 1.82) is 0 Å². The van der Waals surface area contributed by atoms with Crippen LogP contribution in [-0.2, 0) is 5.41 Å². The predicted molar refractivity (Wildman–Crippen MR) is 113 cm³/mol. The summed E-state index contributed by atoms with van der Waals surface area (Å²) in [7, 11) is 0. The van der Waals surface area contributed by atoms with Crippen LogP contribution in [0.1, 0.15) is 45.7 Å². The first kappa shape index (κ1) is 20.4. The third-order valence-corrected chi connectivity index (χ3v) is 5.70. The first-order valence-corrected chi connectivity index (χ1v) is 9.82. The summed E-state index contributed by atoms with van der Waals surface area (Å²) < 4.78 is 14.2. The predicted octanol–water partition coefficient (Wildman–Crippen LogP) is 2.41. The van der Waals surface area contributed by atoms with E-state index < -0.39 is 17.6 Å². The van der Waals surface area contributed by atoms with Crippen LogP contribution in [0.25, 0.3) is 11.3 Å². The summed E-state index contributed by atoms with van der Waals surface area (Å²) >= 11 is 0. The normalized spacial score (nSPS) is 14.5. The lowest BCUT2D eigenvalue weighted by Gasteiger charge is -2.41. The maximum atomic E-state index is 14.2. The van der Waals surface area contributed by atoms with Gasteiger partial charge in [0.2, 0.25) is 11.8 Å². The second-order valence-electron chi connectivity index (χ2n) is 7.64. The number of amides is 2. The molecule has 5 N–H and O–H groups in total. The molecule has 2 aromatic heterocycles. The molecule has 1 aliphatic rings. The molecule has 0 atom stereocenters. The summed E-state index contributed by atoms with van der Waals surface area (Å²) in [6, 6.07) is 10.5. The molecule has 2 heterocycles. The molecule has 31 heavy (non-hydrogen) atoms. The third-order valence-electron chi connectivity index (χ3n) is 5.70. The van der Waals surface area contributed by atoms with Gasteiger partial charge in [-0.15, -0.1) is 10.2 Å². The number of primary amides is 2. The van der Waals surface area contributed by atoms with Crippen molar-refractivity contribution in [1.82, 2.24) is 15.2 Å². The van der Waals surface area contributed by atoms with Gasteiger partial charge in [0, 0.05) is 40.5 Å². The average molecular weight is 420 g/mol. The maximum absolute atomic E-state index is 14.2. The van der Waals surface area contributed by atoms with Gasteiger partial charge in [0.1, 0.15) is 11.6 Å². The van der Waals surface area contributed by atoms with E-state index >= 15 is 0 Å². The van der Waals surface area contributed by atoms with E-state index in [1.165, 1.54) is 18.2 Å². The van der Waals surface area contributed by atoms with E-state index in [-0.39, 0.29) is 16.5 Å². The number of benzene rings is 1. The summed E-state index contributed by atoms with van der Waals surface area (Å²) in [5, 5.41) is 11.5. The SMILES string of the molecule is NC(=O)c1ccnc(C2(CNc3ccc(-c4cc(C(N)=O)ccc4F)nn3)CCC2)c1. The van der Waals surface area contributed by atoms with E-state index in [0.29, 0.717) is 23.6 Å². The van der Waals surface area contributed by atoms with Crippen LogP contribution in [0.2, 0.25) is 0 Å². The van der Waals surface area contributed by atoms with Crippen LogP contribution >= 0.6 is 0 Å². The Hall–Kier alpha value is -3.88. The Bertz CT molecular complexity index is 1140. The molecule has 9 heteroatoms. The Morgan fingerprint density at radius 1 is 1.00 bits per heavy atom. The van der Waals surface area contributed by atoms with Crippen LogP contribution in [0.15, 0.2) is 48.7 Å². The van der Waals surface area contributed by atoms with E-state index in [4.69, 9.17) is 11.5 Å². The summed E-state index contributed by atoms with van der Waals surface area (Å²) in [4.78, 5) is 27.3. The Morgan fingerprint density at radius 2 is 1.74 bits per heavy atom. The minimum absolute atomic E-state index is 0.151. The zero-order chi connectivity index (χ0) is 22.0. The van der Waals surface area contributed by atoms with Gasteiger partial charge >= 0.3 is 0 Å². The summed E-state index contributed by atoms with van der Waals surface area (Å²) in [6.07, 6.45) is 4.50. The van der Waals surface area contributed by atoms with Crippen molar-refractivity contribution in [2.45, 2.75) is 24.7 Å². The van der Waals surface area contributed by atoms with Gasteiger partial charge < -0.3 is 16.8 Å². The Kier molecular flexibility index (Phi) is 5.33. The molecule has 0 spiro atoms. The van der Waals surface area contributed by atoms with Gasteiger partial charge in [-0.05, 0) is 55.3 Å². The highest BCUT2D eigenvalue weighted by Gasteiger charge is 2.40. The number of carbonyl (C=O) groups is 2. The molecule has 4 rings (SSSR count). The molecule has 158 valence electrons. The average Bonchev–Trinajstić information content (AvgIpc) is 2.74. The van der Waals surface area contributed by atoms with Gasteiger partial charge in [-0.3, -0.25) is 14.6 Å². The van der Waals surface area contributed by atoms with Crippen molar-refractivity contribution in [2.24, 2.45) is 11.5 Å². The first-order chi connectivity index (χ1) is 14.9. The van der Waals surface area contributed by atoms with Crippen LogP contribution < -0.4 is 16.8 Å². The van der Waals surface area contributed by atoms with E-state index in [1.54, 1.807) is 30.5 Å². The van der Waals surface area contributed by atoms with Gasteiger partial charge in [0.05, 0.1) is 5.69 Å². The fourth-order valence-corrected chi connectivity index (χ4v) is 3.71. The zero-order valence-electron chi connectivity index (χ0n) is 16.6. The number of anilines is 1. The summed E-state index contributed by atoms with van der Waals surface area (Å²) in [5.74, 6) is -1.13. The van der Waals surface area contributed by atoms with E-state index in [1.807, 2.05) is 0 Å². The van der Waals surface area contributed by atoms with Crippen LogP contribution in [0.4, 0.5) is 10.2 Å². The molecule has 3 aromatic rings. The summed E-state index contributed by atoms with van der Waals surface area (Å²) in [6.45, 7) is 0.557. The third kappa shape index (κ3) is 4.07. The molecule has 0 radical (unpaired) electrons. The van der Waals surface area contributed by atoms with Crippen LogP contribution in [0, 0.1) is 5.82 Å². The molecular formula is C22H21FN6O2. The zero-order valence-corrected chi connectivity index (χ0v) is 16.6. The molecule has 0 unspecified atom stereocenters. The highest BCUT2D eigenvalue weighted by atomic mass is 19.1. The Balaban J connectivity index is 1.51. The van der Waals surface area contributed by atoms with Crippen molar-refractivity contribution in [3.63, 3.8) is 0 Å². The van der Waals surface area contributed by atoms with Crippen molar-refractivity contribution in [3.8, 4) is 11.3 Å². The minimum Gasteiger partial charge on any atom is -0.368 e. The molecule has 1 saturated carbocycles. The Labute approximate surface area is 177 Å². The largest absolute Gasteiger partial charge is 0.368 e. The smallest absolute Gasteiger partial charge is 0.248 e. The van der Waals surface area contributed by atoms with E-state index in [0.717, 1.165) is 25.0 Å². The number of nitrogens with two attached hydrogens (primary N) is 2. The summed E-state index contributed by atoms with van der Waals surface area (Å²) in [5.41, 5.74) is 12.3. The molecular weight excluding hydrogens is 399 g/mol. The fraction of sp³-hybridized carbons (Fsp3) is 0.227. The lowest BCUT2D eigenvalue weighted by atomic mass is 9.66. The van der Waals surface area contributed by atoms with E-state index in [2.05, 4.69) is 20.5 Å². The number of carbonyl (C=O) groups excluding carboxylic acids is 2. The fourth-order valence-electron chi connectivity index (χ4n) is 3.71. The monoisotopic (exact) mass is 420 g/mol. The molecule has 1 aromatic carbocycles. The number of hydrogen-bond donors (Lipinski definition) is 3. The molecule has 1 fully saturated rings. The highest BCUT2D eigenvalue weighted by molar-refractivity contribution is 5.94. The van der Waals surface area contributed by atoms with Crippen molar-refractivity contribution in [3.05, 3.63) is 71.3 Å². The highest BCUT2D eigenvalue weighted by Crippen LogP contribution is 2.43. The lowest BCUT2D eigenvalue weighted by Crippen LogP contribution is -2.42. The number of hydrogen-bond acceptors (Lipinski definition) is 6. The molecule has 0 saturated heterocycles. The number of halogens is 1. The number of nitrogens with one attached hydrogen (secondary N) is 1. The van der Waals surface area contributed by atoms with Gasteiger partial charge in [-0.25, -0.2) is 4.39 Å². The van der Waals surface area contributed by atoms with E-state index in [9.17, 15) is 14.0 Å². The van der Waals surface area contributed by atoms with Crippen molar-refractivity contribution < 1.29 is 14.0 Å². The molecule has 8 nitrogen and oxygen atoms in total. The van der Waals surface area contributed by atoms with Gasteiger partial charge in [0.15, 0.2) is 0 Å². The number of rotatable bonds is 7. The standard InChI is InChI=1S/C22H21FN6O2/c23-16-3-2-13(20(24)30)10-15(16)17-4-5-19(29-28-17)27-12-22(7-1-8-22)18-11-14(21(25)31)6-9-26-18/h2-6,9-11H,1,7-8,12H2,(H2,24,30)(H2,25,31)(H,27,29). The van der Waals surface area contributed by atoms with Gasteiger partial charge in [0.25, 0.3) is 0 Å². The molecule has 0 aliphatic heterocycles. The van der Waals surface area contributed by atoms with Crippen LogP contribution in [0.3, 0.4) is 0 Å². The lowest BCUT2D eigenvalue weighted by molar-refractivity contribution is 0.0991. The van der Waals surface area contributed by atoms with Gasteiger partial charge in [-0.1, -0.05) is 6.42 Å². The number of pyridine rings is 1. The maximum Gasteiger partial charge on any atom is 0.248 e. The second-order valence-corrected chi connectivity index (χ2v) is 7.64. The quantitative estimate of drug-likeness (QED) is 0.537. The minimum atomic E-state index is -0.646.